The fourth-order valence-electron chi connectivity index (χ4n) is 5.16. The zero-order chi connectivity index (χ0) is 26.3. The van der Waals surface area contributed by atoms with Crippen molar-refractivity contribution in [2.24, 2.45) is 0 Å². The predicted octanol–water partition coefficient (Wildman–Crippen LogP) is 3.93. The Kier molecular flexibility index (Phi) is 6.09. The maximum Gasteiger partial charge on any atom is 0.422 e. The lowest BCUT2D eigenvalue weighted by atomic mass is 9.89. The van der Waals surface area contributed by atoms with Gasteiger partial charge in [0.05, 0.1) is 17.4 Å². The molecule has 2 aliphatic heterocycles. The lowest BCUT2D eigenvalue weighted by molar-refractivity contribution is -0.120. The van der Waals surface area contributed by atoms with E-state index in [-0.39, 0.29) is 6.42 Å². The van der Waals surface area contributed by atoms with Gasteiger partial charge in [-0.25, -0.2) is 9.69 Å². The SMILES string of the molecule is O=C(NC(Cc1ccccc1)C(=O)N1C(=O)OC2(CCNC2)c2cc(Cl)ccc21)c1ccc2[nH]ncc2c1. The molecule has 2 unspecified atom stereocenters. The van der Waals surface area contributed by atoms with E-state index >= 15 is 0 Å². The van der Waals surface area contributed by atoms with E-state index in [1.54, 1.807) is 42.6 Å². The molecule has 0 bridgehead atoms. The summed E-state index contributed by atoms with van der Waals surface area (Å²) in [6.45, 7) is 1.09. The molecule has 1 saturated heterocycles. The molecule has 1 fully saturated rings. The number of halogens is 1. The number of nitrogens with zero attached hydrogens (tertiary/aromatic N) is 2. The molecule has 4 aromatic rings. The number of ether oxygens (including phenoxy) is 1. The van der Waals surface area contributed by atoms with Crippen LogP contribution < -0.4 is 15.5 Å². The highest BCUT2D eigenvalue weighted by atomic mass is 35.5. The van der Waals surface area contributed by atoms with Crippen LogP contribution >= 0.6 is 11.6 Å². The van der Waals surface area contributed by atoms with Gasteiger partial charge < -0.3 is 15.4 Å². The molecule has 38 heavy (non-hydrogen) atoms. The van der Waals surface area contributed by atoms with E-state index in [0.717, 1.165) is 21.4 Å². The fraction of sp³-hybridized carbons (Fsp3) is 0.214. The molecule has 6 rings (SSSR count). The molecule has 3 aromatic carbocycles. The molecule has 2 aliphatic rings. The number of aromatic amines is 1. The van der Waals surface area contributed by atoms with E-state index in [0.29, 0.717) is 41.3 Å². The molecule has 0 radical (unpaired) electrons. The Balaban J connectivity index is 1.36. The molecule has 2 atom stereocenters. The Morgan fingerprint density at radius 1 is 1.13 bits per heavy atom. The number of amides is 3. The average molecular weight is 530 g/mol. The van der Waals surface area contributed by atoms with Gasteiger partial charge in [0.1, 0.15) is 6.04 Å². The van der Waals surface area contributed by atoms with Gasteiger partial charge in [-0.2, -0.15) is 5.10 Å². The number of hydrogen-bond acceptors (Lipinski definition) is 6. The van der Waals surface area contributed by atoms with Gasteiger partial charge >= 0.3 is 6.09 Å². The van der Waals surface area contributed by atoms with Crippen molar-refractivity contribution in [1.82, 2.24) is 20.8 Å². The highest BCUT2D eigenvalue weighted by Gasteiger charge is 2.49. The first-order valence-electron chi connectivity index (χ1n) is 12.3. The summed E-state index contributed by atoms with van der Waals surface area (Å²) < 4.78 is 5.90. The minimum absolute atomic E-state index is 0.179. The molecule has 3 heterocycles. The van der Waals surface area contributed by atoms with E-state index in [1.165, 1.54) is 0 Å². The molecule has 3 amide bonds. The Labute approximate surface area is 223 Å². The monoisotopic (exact) mass is 529 g/mol. The summed E-state index contributed by atoms with van der Waals surface area (Å²) in [5, 5.41) is 14.2. The lowest BCUT2D eigenvalue weighted by Gasteiger charge is -2.40. The smallest absolute Gasteiger partial charge is 0.422 e. The molecule has 192 valence electrons. The molecule has 1 spiro atoms. The van der Waals surface area contributed by atoms with Crippen LogP contribution in [0.2, 0.25) is 5.02 Å². The third kappa shape index (κ3) is 4.29. The Hall–Kier alpha value is -4.21. The Bertz CT molecular complexity index is 1550. The quantitative estimate of drug-likeness (QED) is 0.361. The summed E-state index contributed by atoms with van der Waals surface area (Å²) in [6.07, 6.45) is 1.59. The van der Waals surface area contributed by atoms with Crippen LogP contribution in [0.25, 0.3) is 10.9 Å². The van der Waals surface area contributed by atoms with Crippen molar-refractivity contribution in [1.29, 1.82) is 0 Å². The molecular formula is C28H24ClN5O4. The van der Waals surface area contributed by atoms with Crippen molar-refractivity contribution in [3.63, 3.8) is 0 Å². The summed E-state index contributed by atoms with van der Waals surface area (Å²) in [5.74, 6) is -1.04. The highest BCUT2D eigenvalue weighted by molar-refractivity contribution is 6.31. The number of fused-ring (bicyclic) bond motifs is 3. The molecular weight excluding hydrogens is 506 g/mol. The van der Waals surface area contributed by atoms with Crippen LogP contribution in [-0.2, 0) is 21.6 Å². The van der Waals surface area contributed by atoms with E-state index in [1.807, 2.05) is 30.3 Å². The fourth-order valence-corrected chi connectivity index (χ4v) is 5.33. The van der Waals surface area contributed by atoms with Crippen molar-refractivity contribution >= 4 is 46.1 Å². The molecule has 0 aliphatic carbocycles. The van der Waals surface area contributed by atoms with Gasteiger partial charge in [-0.05, 0) is 48.5 Å². The Morgan fingerprint density at radius 2 is 1.97 bits per heavy atom. The summed E-state index contributed by atoms with van der Waals surface area (Å²) in [4.78, 5) is 41.8. The maximum atomic E-state index is 14.0. The van der Waals surface area contributed by atoms with E-state index < -0.39 is 29.6 Å². The Morgan fingerprint density at radius 3 is 2.76 bits per heavy atom. The van der Waals surface area contributed by atoms with Gasteiger partial charge in [-0.3, -0.25) is 14.7 Å². The second kappa shape index (κ2) is 9.59. The summed E-state index contributed by atoms with van der Waals surface area (Å²) in [6, 6.07) is 18.4. The van der Waals surface area contributed by atoms with E-state index in [2.05, 4.69) is 20.8 Å². The van der Waals surface area contributed by atoms with Crippen LogP contribution in [0.1, 0.15) is 27.9 Å². The zero-order valence-electron chi connectivity index (χ0n) is 20.2. The number of benzene rings is 3. The third-order valence-electron chi connectivity index (χ3n) is 7.08. The molecule has 1 aromatic heterocycles. The van der Waals surface area contributed by atoms with Crippen molar-refractivity contribution in [2.45, 2.75) is 24.5 Å². The van der Waals surface area contributed by atoms with Crippen LogP contribution in [0.4, 0.5) is 10.5 Å². The van der Waals surface area contributed by atoms with Crippen LogP contribution in [0, 0.1) is 0 Å². The average Bonchev–Trinajstić information content (AvgIpc) is 3.59. The number of nitrogens with one attached hydrogen (secondary N) is 3. The number of carbonyl (C=O) groups is 3. The van der Waals surface area contributed by atoms with Gasteiger partial charge in [-0.15, -0.1) is 0 Å². The topological polar surface area (TPSA) is 116 Å². The van der Waals surface area contributed by atoms with Crippen LogP contribution in [0.3, 0.4) is 0 Å². The highest BCUT2D eigenvalue weighted by Crippen LogP contribution is 2.44. The van der Waals surface area contributed by atoms with Crippen molar-refractivity contribution in [3.8, 4) is 0 Å². The van der Waals surface area contributed by atoms with Crippen molar-refractivity contribution < 1.29 is 19.1 Å². The van der Waals surface area contributed by atoms with E-state index in [4.69, 9.17) is 16.3 Å². The lowest BCUT2D eigenvalue weighted by Crippen LogP contribution is -2.56. The van der Waals surface area contributed by atoms with Crippen LogP contribution in [0.15, 0.2) is 72.9 Å². The second-order valence-corrected chi connectivity index (χ2v) is 9.95. The van der Waals surface area contributed by atoms with Crippen LogP contribution in [0.5, 0.6) is 0 Å². The largest absolute Gasteiger partial charge is 0.436 e. The molecule has 0 saturated carbocycles. The van der Waals surface area contributed by atoms with Gasteiger partial charge in [-0.1, -0.05) is 41.9 Å². The summed E-state index contributed by atoms with van der Waals surface area (Å²) >= 11 is 6.31. The number of carbonyl (C=O) groups excluding carboxylic acids is 3. The van der Waals surface area contributed by atoms with Crippen molar-refractivity contribution in [3.05, 3.63) is 94.6 Å². The minimum Gasteiger partial charge on any atom is -0.436 e. The van der Waals surface area contributed by atoms with E-state index in [9.17, 15) is 14.4 Å². The van der Waals surface area contributed by atoms with Crippen molar-refractivity contribution in [2.75, 3.05) is 18.0 Å². The first-order chi connectivity index (χ1) is 18.4. The predicted molar refractivity (Wildman–Crippen MR) is 142 cm³/mol. The normalized spacial score (nSPS) is 19.3. The van der Waals surface area contributed by atoms with Crippen LogP contribution in [-0.4, -0.2) is 47.2 Å². The van der Waals surface area contributed by atoms with Gasteiger partial charge in [0.15, 0.2) is 5.60 Å². The van der Waals surface area contributed by atoms with Gasteiger partial charge in [0.2, 0.25) is 0 Å². The molecule has 9 nitrogen and oxygen atoms in total. The first-order valence-corrected chi connectivity index (χ1v) is 12.7. The maximum absolute atomic E-state index is 14.0. The first kappa shape index (κ1) is 24.1. The summed E-state index contributed by atoms with van der Waals surface area (Å²) in [5.41, 5.74) is 2.17. The number of anilines is 1. The summed E-state index contributed by atoms with van der Waals surface area (Å²) in [7, 11) is 0. The molecule has 3 N–H and O–H groups in total. The van der Waals surface area contributed by atoms with Gasteiger partial charge in [0, 0.05) is 40.9 Å². The number of imide groups is 1. The second-order valence-electron chi connectivity index (χ2n) is 9.51. The number of aromatic nitrogens is 2. The number of rotatable bonds is 5. The third-order valence-corrected chi connectivity index (χ3v) is 7.32. The zero-order valence-corrected chi connectivity index (χ0v) is 21.0. The van der Waals surface area contributed by atoms with Gasteiger partial charge in [0.25, 0.3) is 11.8 Å². The number of H-pyrrole nitrogens is 1. The standard InChI is InChI=1S/C28H24ClN5O4/c29-20-7-9-24-21(14-20)28(10-11-30-16-28)38-27(37)34(24)26(36)23(12-17-4-2-1-3-5-17)32-25(35)18-6-8-22-19(13-18)15-31-33-22/h1-9,13-15,23,30H,10-12,16H2,(H,31,33)(H,32,35). The minimum atomic E-state index is -1.04. The number of hydrogen-bond donors (Lipinski definition) is 3. The molecule has 10 heteroatoms.